The lowest BCUT2D eigenvalue weighted by Crippen LogP contribution is -2.46. The van der Waals surface area contributed by atoms with Gasteiger partial charge in [0.25, 0.3) is 0 Å². The zero-order valence-electron chi connectivity index (χ0n) is 20.8. The molecule has 0 saturated carbocycles. The molecule has 3 aromatic carbocycles. The largest absolute Gasteiger partial charge is 0.457 e. The molecule has 0 N–H and O–H groups in total. The minimum absolute atomic E-state index is 0.194. The molecule has 0 radical (unpaired) electrons. The number of aryl methyl sites for hydroxylation is 1. The van der Waals surface area contributed by atoms with Gasteiger partial charge in [-0.15, -0.1) is 0 Å². The first kappa shape index (κ1) is 27.5. The number of benzene rings is 3. The molecule has 0 atom stereocenters. The maximum absolute atomic E-state index is 13.1. The van der Waals surface area contributed by atoms with Gasteiger partial charge in [-0.25, -0.2) is 0 Å². The molecule has 2 amide bonds. The van der Waals surface area contributed by atoms with E-state index in [1.165, 1.54) is 4.90 Å². The Labute approximate surface area is 236 Å². The van der Waals surface area contributed by atoms with Gasteiger partial charge < -0.3 is 14.5 Å². The Balaban J connectivity index is 1.41. The van der Waals surface area contributed by atoms with Crippen molar-refractivity contribution >= 4 is 50.9 Å². The number of piperidine rings is 1. The van der Waals surface area contributed by atoms with Crippen molar-refractivity contribution in [2.75, 3.05) is 20.1 Å². The second kappa shape index (κ2) is 12.3. The minimum atomic E-state index is -0.556. The molecular formula is C29H29BrCl2N2O3. The van der Waals surface area contributed by atoms with E-state index >= 15 is 0 Å². The van der Waals surface area contributed by atoms with Gasteiger partial charge in [-0.3, -0.25) is 9.59 Å². The van der Waals surface area contributed by atoms with Crippen LogP contribution in [0.25, 0.3) is 0 Å². The van der Waals surface area contributed by atoms with Gasteiger partial charge in [0.05, 0.1) is 0 Å². The fourth-order valence-corrected chi connectivity index (χ4v) is 5.66. The number of halogens is 3. The molecule has 3 aromatic rings. The summed E-state index contributed by atoms with van der Waals surface area (Å²) in [5.41, 5.74) is 2.89. The zero-order valence-corrected chi connectivity index (χ0v) is 23.9. The van der Waals surface area contributed by atoms with E-state index in [-0.39, 0.29) is 12.5 Å². The number of amides is 2. The van der Waals surface area contributed by atoms with Gasteiger partial charge in [0.1, 0.15) is 11.5 Å². The predicted octanol–water partition coefficient (Wildman–Crippen LogP) is 7.48. The summed E-state index contributed by atoms with van der Waals surface area (Å²) in [6, 6.07) is 19.0. The van der Waals surface area contributed by atoms with Crippen LogP contribution in [0.4, 0.5) is 0 Å². The first-order valence-electron chi connectivity index (χ1n) is 12.3. The number of likely N-dealkylation sites (N-methyl/N-ethyl adjacent to an activating group) is 1. The number of hydrogen-bond acceptors (Lipinski definition) is 3. The van der Waals surface area contributed by atoms with Gasteiger partial charge in [-0.2, -0.15) is 0 Å². The van der Waals surface area contributed by atoms with Crippen molar-refractivity contribution in [3.05, 3.63) is 91.9 Å². The summed E-state index contributed by atoms with van der Waals surface area (Å²) in [5.74, 6) is 0.565. The molecule has 0 unspecified atom stereocenters. The predicted molar refractivity (Wildman–Crippen MR) is 152 cm³/mol. The standard InChI is InChI=1S/C29H29BrCl2N2O3/c1-3-19-6-4-5-7-26(19)37-27-11-9-23(31)16-21(27)18-33(2)28(35)29(36)34-14-12-20(13-15-34)24-10-8-22(30)17-25(24)32/h4-11,16-17,20H,3,12-15,18H2,1-2H3. The quantitative estimate of drug-likeness (QED) is 0.275. The first-order chi connectivity index (χ1) is 17.8. The van der Waals surface area contributed by atoms with E-state index in [9.17, 15) is 9.59 Å². The molecule has 5 nitrogen and oxygen atoms in total. The maximum Gasteiger partial charge on any atom is 0.312 e. The number of rotatable bonds is 6. The molecule has 0 spiro atoms. The average molecular weight is 604 g/mol. The lowest BCUT2D eigenvalue weighted by molar-refractivity contribution is -0.152. The summed E-state index contributed by atoms with van der Waals surface area (Å²) in [6.45, 7) is 3.28. The zero-order chi connectivity index (χ0) is 26.5. The van der Waals surface area contributed by atoms with E-state index in [1.807, 2.05) is 42.5 Å². The minimum Gasteiger partial charge on any atom is -0.457 e. The molecule has 1 fully saturated rings. The van der Waals surface area contributed by atoms with Crippen molar-refractivity contribution in [1.82, 2.24) is 9.80 Å². The van der Waals surface area contributed by atoms with Crippen molar-refractivity contribution in [1.29, 1.82) is 0 Å². The highest BCUT2D eigenvalue weighted by Crippen LogP contribution is 2.35. The third kappa shape index (κ3) is 6.67. The second-order valence-electron chi connectivity index (χ2n) is 9.21. The molecule has 194 valence electrons. The number of ether oxygens (including phenoxy) is 1. The fourth-order valence-electron chi connectivity index (χ4n) is 4.64. The third-order valence-corrected chi connectivity index (χ3v) is 7.77. The SMILES string of the molecule is CCc1ccccc1Oc1ccc(Cl)cc1CN(C)C(=O)C(=O)N1CCC(c2ccc(Br)cc2Cl)CC1. The smallest absolute Gasteiger partial charge is 0.312 e. The second-order valence-corrected chi connectivity index (χ2v) is 11.0. The van der Waals surface area contributed by atoms with E-state index in [0.29, 0.717) is 23.9 Å². The van der Waals surface area contributed by atoms with Crippen LogP contribution in [-0.2, 0) is 22.6 Å². The van der Waals surface area contributed by atoms with Crippen LogP contribution in [0.1, 0.15) is 42.4 Å². The molecular weight excluding hydrogens is 575 g/mol. The van der Waals surface area contributed by atoms with Crippen LogP contribution in [-0.4, -0.2) is 41.8 Å². The first-order valence-corrected chi connectivity index (χ1v) is 13.8. The summed E-state index contributed by atoms with van der Waals surface area (Å²) in [7, 11) is 1.62. The van der Waals surface area contributed by atoms with Gasteiger partial charge in [0, 0.05) is 46.8 Å². The fraction of sp³-hybridized carbons (Fsp3) is 0.310. The van der Waals surface area contributed by atoms with Crippen molar-refractivity contribution in [2.24, 2.45) is 0 Å². The number of likely N-dealkylation sites (tertiary alicyclic amines) is 1. The third-order valence-electron chi connectivity index (χ3n) is 6.72. The van der Waals surface area contributed by atoms with Crippen LogP contribution >= 0.6 is 39.1 Å². The molecule has 4 rings (SSSR count). The number of carbonyl (C=O) groups is 2. The van der Waals surface area contributed by atoms with Crippen molar-refractivity contribution in [3.8, 4) is 11.5 Å². The van der Waals surface area contributed by atoms with E-state index in [0.717, 1.165) is 51.2 Å². The van der Waals surface area contributed by atoms with Gasteiger partial charge in [0.15, 0.2) is 0 Å². The summed E-state index contributed by atoms with van der Waals surface area (Å²) >= 11 is 16.1. The van der Waals surface area contributed by atoms with Gasteiger partial charge >= 0.3 is 11.8 Å². The lowest BCUT2D eigenvalue weighted by Gasteiger charge is -2.33. The molecule has 1 saturated heterocycles. The Kier molecular flexibility index (Phi) is 9.17. The molecule has 1 heterocycles. The number of nitrogens with zero attached hydrogens (tertiary/aromatic N) is 2. The molecule has 1 aliphatic heterocycles. The van der Waals surface area contributed by atoms with Crippen LogP contribution in [0.5, 0.6) is 11.5 Å². The highest BCUT2D eigenvalue weighted by Gasteiger charge is 2.30. The Hall–Kier alpha value is -2.54. The Morgan fingerprint density at radius 2 is 1.70 bits per heavy atom. The lowest BCUT2D eigenvalue weighted by atomic mass is 9.89. The van der Waals surface area contributed by atoms with Crippen molar-refractivity contribution in [3.63, 3.8) is 0 Å². The summed E-state index contributed by atoms with van der Waals surface area (Å²) in [5, 5.41) is 1.25. The van der Waals surface area contributed by atoms with Crippen LogP contribution < -0.4 is 4.74 Å². The van der Waals surface area contributed by atoms with E-state index in [1.54, 1.807) is 30.1 Å². The Bertz CT molecular complexity index is 1290. The highest BCUT2D eigenvalue weighted by molar-refractivity contribution is 9.10. The van der Waals surface area contributed by atoms with Crippen LogP contribution in [0.15, 0.2) is 65.1 Å². The number of hydrogen-bond donors (Lipinski definition) is 0. The topological polar surface area (TPSA) is 49.9 Å². The van der Waals surface area contributed by atoms with Crippen LogP contribution in [0.2, 0.25) is 10.0 Å². The molecule has 1 aliphatic rings. The average Bonchev–Trinajstić information content (AvgIpc) is 2.89. The summed E-state index contributed by atoms with van der Waals surface area (Å²) < 4.78 is 7.14. The van der Waals surface area contributed by atoms with E-state index in [4.69, 9.17) is 27.9 Å². The van der Waals surface area contributed by atoms with Crippen LogP contribution in [0.3, 0.4) is 0 Å². The maximum atomic E-state index is 13.1. The van der Waals surface area contributed by atoms with Crippen LogP contribution in [0, 0.1) is 0 Å². The van der Waals surface area contributed by atoms with E-state index < -0.39 is 11.8 Å². The monoisotopic (exact) mass is 602 g/mol. The molecule has 8 heteroatoms. The van der Waals surface area contributed by atoms with Gasteiger partial charge in [-0.05, 0) is 72.7 Å². The summed E-state index contributed by atoms with van der Waals surface area (Å²) in [4.78, 5) is 29.2. The number of para-hydroxylation sites is 1. The molecule has 0 aliphatic carbocycles. The normalized spacial score (nSPS) is 13.9. The molecule has 37 heavy (non-hydrogen) atoms. The van der Waals surface area contributed by atoms with Crippen molar-refractivity contribution in [2.45, 2.75) is 38.6 Å². The highest BCUT2D eigenvalue weighted by atomic mass is 79.9. The van der Waals surface area contributed by atoms with Gasteiger partial charge in [0.2, 0.25) is 0 Å². The van der Waals surface area contributed by atoms with Crippen molar-refractivity contribution < 1.29 is 14.3 Å². The van der Waals surface area contributed by atoms with Gasteiger partial charge in [-0.1, -0.05) is 70.3 Å². The molecule has 0 aromatic heterocycles. The van der Waals surface area contributed by atoms with E-state index in [2.05, 4.69) is 22.9 Å². The Morgan fingerprint density at radius 3 is 2.41 bits per heavy atom. The molecule has 0 bridgehead atoms. The number of carbonyl (C=O) groups excluding carboxylic acids is 2. The summed E-state index contributed by atoms with van der Waals surface area (Å²) in [6.07, 6.45) is 2.34. The Morgan fingerprint density at radius 1 is 1.00 bits per heavy atom.